The molecule has 2 aromatic carbocycles. The minimum Gasteiger partial charge on any atom is -1.00 e. The van der Waals surface area contributed by atoms with Crippen LogP contribution in [0.2, 0.25) is 0 Å². The molecule has 1 unspecified atom stereocenters. The second kappa shape index (κ2) is 12.6. The first-order valence-electron chi connectivity index (χ1n) is 11.6. The molecule has 1 atom stereocenters. The van der Waals surface area contributed by atoms with Gasteiger partial charge in [0.05, 0.1) is 52.4 Å². The molecule has 202 valence electrons. The number of aliphatic carboxylic acids is 1. The third-order valence-corrected chi connectivity index (χ3v) is 9.15. The molecule has 2 heterocycles. The summed E-state index contributed by atoms with van der Waals surface area (Å²) < 4.78 is 53.1. The SMILES string of the molecule is COc1ccc2c(c1)nc(S(=O)Cc1ncc(C)c(OC)c1C)n2S(=O)(=O)c1ccc(CCC(=O)O)cc1.[H-].[Na+]. The fraction of sp³-hybridized carbons (Fsp3) is 0.269. The van der Waals surface area contributed by atoms with Gasteiger partial charge in [-0.15, -0.1) is 0 Å². The molecule has 0 bridgehead atoms. The molecule has 10 nitrogen and oxygen atoms in total. The zero-order valence-corrected chi connectivity index (χ0v) is 25.9. The van der Waals surface area contributed by atoms with Crippen LogP contribution in [0.4, 0.5) is 0 Å². The van der Waals surface area contributed by atoms with Crippen LogP contribution in [0.25, 0.3) is 11.0 Å². The summed E-state index contributed by atoms with van der Waals surface area (Å²) in [6, 6.07) is 10.7. The molecule has 0 aliphatic rings. The Labute approximate surface area is 252 Å². The predicted octanol–water partition coefficient (Wildman–Crippen LogP) is 0.744. The topological polar surface area (TPSA) is 138 Å². The summed E-state index contributed by atoms with van der Waals surface area (Å²) in [6.45, 7) is 3.66. The van der Waals surface area contributed by atoms with Crippen LogP contribution in [-0.4, -0.2) is 51.9 Å². The van der Waals surface area contributed by atoms with Crippen molar-refractivity contribution in [2.24, 2.45) is 0 Å². The van der Waals surface area contributed by atoms with Gasteiger partial charge in [-0.25, -0.2) is 17.4 Å². The second-order valence-corrected chi connectivity index (χ2v) is 11.7. The summed E-state index contributed by atoms with van der Waals surface area (Å²) >= 11 is 0. The minimum atomic E-state index is -4.23. The van der Waals surface area contributed by atoms with Crippen molar-refractivity contribution in [1.29, 1.82) is 0 Å². The van der Waals surface area contributed by atoms with Crippen LogP contribution in [-0.2, 0) is 37.8 Å². The first kappa shape index (κ1) is 30.8. The molecule has 0 spiro atoms. The Morgan fingerprint density at radius 3 is 2.41 bits per heavy atom. The molecule has 39 heavy (non-hydrogen) atoms. The smallest absolute Gasteiger partial charge is 1.00 e. The molecule has 0 amide bonds. The molecular weight excluding hydrogens is 553 g/mol. The van der Waals surface area contributed by atoms with Gasteiger partial charge in [0, 0.05) is 29.8 Å². The maximum absolute atomic E-state index is 13.9. The van der Waals surface area contributed by atoms with E-state index in [4.69, 9.17) is 14.6 Å². The van der Waals surface area contributed by atoms with E-state index in [1.807, 2.05) is 13.8 Å². The van der Waals surface area contributed by atoms with Crippen LogP contribution in [0.1, 0.15) is 30.2 Å². The number of methoxy groups -OCH3 is 2. The monoisotopic (exact) mass is 581 g/mol. The number of carbonyl (C=O) groups is 1. The quantitative estimate of drug-likeness (QED) is 0.269. The number of imidazole rings is 1. The van der Waals surface area contributed by atoms with Gasteiger partial charge in [0.1, 0.15) is 11.5 Å². The standard InChI is InChI=1S/C26H27N3O7S2.Na.H/c1-16-14-27-22(17(2)25(16)36-4)15-37(32)26-28-21-13-19(35-3)8-11-23(21)29(26)38(33,34)20-9-5-18(6-10-20)7-12-24(30)31;;/h5-6,8-11,13-14H,7,12,15H2,1-4H3,(H,30,31);;/q;+1;-1. The maximum Gasteiger partial charge on any atom is 1.00 e. The Bertz CT molecular complexity index is 1660. The van der Waals surface area contributed by atoms with Crippen LogP contribution in [0.3, 0.4) is 0 Å². The number of hydrogen-bond donors (Lipinski definition) is 1. The Balaban J connectivity index is 0.00000280. The van der Waals surface area contributed by atoms with Gasteiger partial charge in [-0.1, -0.05) is 12.1 Å². The Kier molecular flexibility index (Phi) is 9.94. The second-order valence-electron chi connectivity index (χ2n) is 8.59. The Hall–Kier alpha value is -2.77. The van der Waals surface area contributed by atoms with Crippen molar-refractivity contribution in [3.8, 4) is 11.5 Å². The van der Waals surface area contributed by atoms with Crippen LogP contribution >= 0.6 is 0 Å². The van der Waals surface area contributed by atoms with Crippen molar-refractivity contribution in [1.82, 2.24) is 13.9 Å². The van der Waals surface area contributed by atoms with Gasteiger partial charge < -0.3 is 16.0 Å². The average Bonchev–Trinajstić information content (AvgIpc) is 3.29. The number of rotatable bonds is 10. The van der Waals surface area contributed by atoms with Gasteiger partial charge in [-0.2, -0.15) is 0 Å². The molecule has 0 aliphatic heterocycles. The van der Waals surface area contributed by atoms with Crippen molar-refractivity contribution >= 4 is 37.8 Å². The summed E-state index contributed by atoms with van der Waals surface area (Å²) in [6.07, 6.45) is 1.82. The molecule has 0 saturated carbocycles. The normalized spacial score (nSPS) is 12.1. The van der Waals surface area contributed by atoms with E-state index < -0.39 is 26.8 Å². The van der Waals surface area contributed by atoms with Crippen LogP contribution < -0.4 is 39.0 Å². The number of benzene rings is 2. The van der Waals surface area contributed by atoms with E-state index in [9.17, 15) is 17.4 Å². The summed E-state index contributed by atoms with van der Waals surface area (Å²) in [4.78, 5) is 19.7. The van der Waals surface area contributed by atoms with Crippen molar-refractivity contribution in [3.63, 3.8) is 0 Å². The van der Waals surface area contributed by atoms with E-state index in [2.05, 4.69) is 9.97 Å². The van der Waals surface area contributed by atoms with E-state index in [0.717, 1.165) is 9.54 Å². The van der Waals surface area contributed by atoms with Gasteiger partial charge in [-0.05, 0) is 50.1 Å². The zero-order valence-electron chi connectivity index (χ0n) is 23.3. The molecule has 13 heteroatoms. The van der Waals surface area contributed by atoms with Gasteiger partial charge in [0.25, 0.3) is 10.0 Å². The molecular formula is C26H28N3NaO7S2. The first-order chi connectivity index (χ1) is 18.1. The molecule has 4 aromatic rings. The van der Waals surface area contributed by atoms with Crippen molar-refractivity contribution in [2.45, 2.75) is 42.5 Å². The van der Waals surface area contributed by atoms with E-state index in [-0.39, 0.29) is 65.1 Å². The van der Waals surface area contributed by atoms with Gasteiger partial charge in [0.2, 0.25) is 5.16 Å². The molecule has 0 radical (unpaired) electrons. The molecule has 0 saturated heterocycles. The fourth-order valence-corrected chi connectivity index (χ4v) is 7.16. The first-order valence-corrected chi connectivity index (χ1v) is 14.3. The van der Waals surface area contributed by atoms with Crippen molar-refractivity contribution < 1.29 is 63.0 Å². The Morgan fingerprint density at radius 1 is 1.10 bits per heavy atom. The van der Waals surface area contributed by atoms with E-state index >= 15 is 0 Å². The summed E-state index contributed by atoms with van der Waals surface area (Å²) in [5, 5.41) is 8.77. The summed E-state index contributed by atoms with van der Waals surface area (Å²) in [5.41, 5.74) is 3.28. The van der Waals surface area contributed by atoms with Gasteiger partial charge in [0.15, 0.2) is 0 Å². The van der Waals surface area contributed by atoms with Gasteiger partial charge >= 0.3 is 35.5 Å². The third-order valence-electron chi connectivity index (χ3n) is 6.10. The molecule has 4 rings (SSSR count). The van der Waals surface area contributed by atoms with Crippen LogP contribution in [0.15, 0.2) is 58.7 Å². The van der Waals surface area contributed by atoms with Crippen molar-refractivity contribution in [2.75, 3.05) is 14.2 Å². The number of ether oxygens (including phenoxy) is 2. The summed E-state index contributed by atoms with van der Waals surface area (Å²) in [7, 11) is -3.10. The number of fused-ring (bicyclic) bond motifs is 1. The number of carboxylic acids is 1. The van der Waals surface area contributed by atoms with E-state index in [1.54, 1.807) is 43.6 Å². The largest absolute Gasteiger partial charge is 1.00 e. The molecule has 0 aliphatic carbocycles. The zero-order chi connectivity index (χ0) is 27.6. The number of nitrogens with zero attached hydrogens (tertiary/aromatic N) is 3. The molecule has 1 N–H and O–H groups in total. The number of aryl methyl sites for hydroxylation is 2. The fourth-order valence-electron chi connectivity index (χ4n) is 4.11. The Morgan fingerprint density at radius 2 is 1.79 bits per heavy atom. The molecule has 0 fully saturated rings. The van der Waals surface area contributed by atoms with Crippen LogP contribution in [0, 0.1) is 13.8 Å². The minimum absolute atomic E-state index is 0. The third kappa shape index (κ3) is 6.36. The maximum atomic E-state index is 13.9. The number of hydrogen-bond acceptors (Lipinski definition) is 8. The number of pyridine rings is 1. The van der Waals surface area contributed by atoms with Crippen LogP contribution in [0.5, 0.6) is 11.5 Å². The van der Waals surface area contributed by atoms with E-state index in [1.165, 1.54) is 19.2 Å². The molecule has 2 aromatic heterocycles. The number of carboxylic acid groups (broad SMARTS) is 1. The van der Waals surface area contributed by atoms with Crippen molar-refractivity contribution in [3.05, 3.63) is 71.0 Å². The predicted molar refractivity (Wildman–Crippen MR) is 143 cm³/mol. The van der Waals surface area contributed by atoms with Gasteiger partial charge in [-0.3, -0.25) is 14.0 Å². The average molecular weight is 582 g/mol. The van der Waals surface area contributed by atoms with E-state index in [0.29, 0.717) is 33.8 Å². The number of aromatic nitrogens is 3. The summed E-state index contributed by atoms with van der Waals surface area (Å²) in [5.74, 6) is 0.0818.